The second kappa shape index (κ2) is 9.98. The van der Waals surface area contributed by atoms with E-state index < -0.39 is 0 Å². The maximum atomic E-state index is 12.1. The summed E-state index contributed by atoms with van der Waals surface area (Å²) >= 11 is 0. The van der Waals surface area contributed by atoms with Crippen LogP contribution < -0.4 is 20.3 Å². The number of nitrogens with zero attached hydrogens (tertiary/aromatic N) is 1. The third-order valence-corrected chi connectivity index (χ3v) is 5.27. The zero-order valence-electron chi connectivity index (χ0n) is 16.9. The number of rotatable bonds is 8. The van der Waals surface area contributed by atoms with Gasteiger partial charge in [-0.3, -0.25) is 4.79 Å². The van der Waals surface area contributed by atoms with Crippen molar-refractivity contribution in [2.45, 2.75) is 25.4 Å². The van der Waals surface area contributed by atoms with Gasteiger partial charge >= 0.3 is 0 Å². The first-order valence-corrected chi connectivity index (χ1v) is 10.3. The summed E-state index contributed by atoms with van der Waals surface area (Å²) in [5.74, 6) is 1.49. The van der Waals surface area contributed by atoms with E-state index in [9.17, 15) is 4.79 Å². The molecule has 2 aromatic carbocycles. The van der Waals surface area contributed by atoms with Crippen molar-refractivity contribution in [3.05, 3.63) is 78.8 Å². The zero-order chi connectivity index (χ0) is 20.6. The number of carbonyl (C=O) groups is 1. The first-order chi connectivity index (χ1) is 14.8. The van der Waals surface area contributed by atoms with Crippen molar-refractivity contribution < 1.29 is 13.9 Å². The molecule has 1 aliphatic rings. The van der Waals surface area contributed by atoms with E-state index >= 15 is 0 Å². The lowest BCUT2D eigenvalue weighted by Crippen LogP contribution is -2.42. The van der Waals surface area contributed by atoms with E-state index in [2.05, 4.69) is 27.7 Å². The fourth-order valence-corrected chi connectivity index (χ4v) is 3.62. The standard InChI is InChI=1S/C24H27N3O3/c28-24(18-30-22-5-2-1-3-6-22)26-20-8-10-21(11-9-20)27-14-12-19(13-15-27)25-17-23-7-4-16-29-23/h1-11,16,19,25H,12-15,17-18H2,(H,26,28). The molecular formula is C24H27N3O3. The molecule has 1 saturated heterocycles. The maximum Gasteiger partial charge on any atom is 0.262 e. The zero-order valence-corrected chi connectivity index (χ0v) is 16.9. The molecule has 1 aromatic heterocycles. The number of carbonyl (C=O) groups excluding carboxylic acids is 1. The largest absolute Gasteiger partial charge is 0.484 e. The number of hydrogen-bond donors (Lipinski definition) is 2. The Labute approximate surface area is 176 Å². The Morgan fingerprint density at radius 3 is 2.47 bits per heavy atom. The molecule has 4 rings (SSSR count). The Kier molecular flexibility index (Phi) is 6.67. The smallest absolute Gasteiger partial charge is 0.262 e. The summed E-state index contributed by atoms with van der Waals surface area (Å²) in [7, 11) is 0. The molecule has 3 aromatic rings. The van der Waals surface area contributed by atoms with Crippen LogP contribution in [0.3, 0.4) is 0 Å². The molecule has 30 heavy (non-hydrogen) atoms. The van der Waals surface area contributed by atoms with E-state index in [0.717, 1.165) is 43.9 Å². The lowest BCUT2D eigenvalue weighted by Gasteiger charge is -2.34. The normalized spacial score (nSPS) is 14.5. The first-order valence-electron chi connectivity index (χ1n) is 10.3. The van der Waals surface area contributed by atoms with E-state index in [1.807, 2.05) is 54.6 Å². The van der Waals surface area contributed by atoms with Gasteiger partial charge in [-0.1, -0.05) is 18.2 Å². The van der Waals surface area contributed by atoms with E-state index in [1.165, 1.54) is 5.69 Å². The highest BCUT2D eigenvalue weighted by Crippen LogP contribution is 2.22. The van der Waals surface area contributed by atoms with Gasteiger partial charge in [0.1, 0.15) is 11.5 Å². The molecule has 0 bridgehead atoms. The van der Waals surface area contributed by atoms with Crippen LogP contribution in [-0.4, -0.2) is 31.6 Å². The molecule has 2 N–H and O–H groups in total. The summed E-state index contributed by atoms with van der Waals surface area (Å²) in [4.78, 5) is 14.5. The summed E-state index contributed by atoms with van der Waals surface area (Å²) in [5.41, 5.74) is 1.95. The fraction of sp³-hybridized carbons (Fsp3) is 0.292. The number of amides is 1. The monoisotopic (exact) mass is 405 g/mol. The van der Waals surface area contributed by atoms with Gasteiger partial charge in [0.25, 0.3) is 5.91 Å². The number of benzene rings is 2. The molecular weight excluding hydrogens is 378 g/mol. The van der Waals surface area contributed by atoms with Gasteiger partial charge in [0.15, 0.2) is 6.61 Å². The highest BCUT2D eigenvalue weighted by Gasteiger charge is 2.19. The minimum Gasteiger partial charge on any atom is -0.484 e. The molecule has 6 heteroatoms. The Morgan fingerprint density at radius 2 is 1.77 bits per heavy atom. The minimum atomic E-state index is -0.171. The highest BCUT2D eigenvalue weighted by atomic mass is 16.5. The van der Waals surface area contributed by atoms with Gasteiger partial charge in [-0.15, -0.1) is 0 Å². The van der Waals surface area contributed by atoms with Gasteiger partial charge in [-0.05, 0) is 61.4 Å². The van der Waals surface area contributed by atoms with Crippen molar-refractivity contribution >= 4 is 17.3 Å². The van der Waals surface area contributed by atoms with Crippen LogP contribution in [0.2, 0.25) is 0 Å². The molecule has 0 radical (unpaired) electrons. The van der Waals surface area contributed by atoms with E-state index in [4.69, 9.17) is 9.15 Å². The van der Waals surface area contributed by atoms with Crippen LogP contribution in [0.1, 0.15) is 18.6 Å². The van der Waals surface area contributed by atoms with Gasteiger partial charge in [0, 0.05) is 30.5 Å². The van der Waals surface area contributed by atoms with Crippen molar-refractivity contribution in [2.75, 3.05) is 29.9 Å². The lowest BCUT2D eigenvalue weighted by molar-refractivity contribution is -0.118. The molecule has 0 unspecified atom stereocenters. The molecule has 6 nitrogen and oxygen atoms in total. The number of para-hydroxylation sites is 1. The van der Waals surface area contributed by atoms with E-state index in [-0.39, 0.29) is 12.5 Å². The van der Waals surface area contributed by atoms with Crippen molar-refractivity contribution in [1.29, 1.82) is 0 Å². The molecule has 2 heterocycles. The predicted octanol–water partition coefficient (Wildman–Crippen LogP) is 4.06. The average molecular weight is 405 g/mol. The highest BCUT2D eigenvalue weighted by molar-refractivity contribution is 5.92. The topological polar surface area (TPSA) is 66.7 Å². The number of anilines is 2. The van der Waals surface area contributed by atoms with Crippen LogP contribution in [-0.2, 0) is 11.3 Å². The van der Waals surface area contributed by atoms with Gasteiger partial charge in [-0.25, -0.2) is 0 Å². The Bertz CT molecular complexity index is 903. The summed E-state index contributed by atoms with van der Waals surface area (Å²) < 4.78 is 10.9. The second-order valence-electron chi connectivity index (χ2n) is 7.42. The summed E-state index contributed by atoms with van der Waals surface area (Å²) in [6.45, 7) is 2.78. The van der Waals surface area contributed by atoms with Crippen LogP contribution in [0.25, 0.3) is 0 Å². The lowest BCUT2D eigenvalue weighted by atomic mass is 10.0. The van der Waals surface area contributed by atoms with Gasteiger partial charge in [0.05, 0.1) is 12.8 Å². The number of hydrogen-bond acceptors (Lipinski definition) is 5. The SMILES string of the molecule is O=C(COc1ccccc1)Nc1ccc(N2CCC(NCc3ccco3)CC2)cc1. The number of piperidine rings is 1. The van der Waals surface area contributed by atoms with Crippen molar-refractivity contribution in [2.24, 2.45) is 0 Å². The third-order valence-electron chi connectivity index (χ3n) is 5.27. The van der Waals surface area contributed by atoms with Gasteiger partial charge in [-0.2, -0.15) is 0 Å². The molecule has 0 aliphatic carbocycles. The summed E-state index contributed by atoms with van der Waals surface area (Å²) in [5, 5.41) is 6.45. The van der Waals surface area contributed by atoms with Crippen molar-refractivity contribution in [1.82, 2.24) is 5.32 Å². The summed E-state index contributed by atoms with van der Waals surface area (Å²) in [6.07, 6.45) is 3.90. The van der Waals surface area contributed by atoms with E-state index in [1.54, 1.807) is 6.26 Å². The second-order valence-corrected chi connectivity index (χ2v) is 7.42. The van der Waals surface area contributed by atoms with Gasteiger partial charge in [0.2, 0.25) is 0 Å². The Hall–Kier alpha value is -3.25. The first kappa shape index (κ1) is 20.0. The molecule has 156 valence electrons. The maximum absolute atomic E-state index is 12.1. The predicted molar refractivity (Wildman–Crippen MR) is 118 cm³/mol. The quantitative estimate of drug-likeness (QED) is 0.592. The van der Waals surface area contributed by atoms with Crippen molar-refractivity contribution in [3.8, 4) is 5.75 Å². The van der Waals surface area contributed by atoms with Gasteiger partial charge < -0.3 is 24.7 Å². The molecule has 0 atom stereocenters. The number of nitrogens with one attached hydrogen (secondary N) is 2. The van der Waals surface area contributed by atoms with Crippen LogP contribution in [0.4, 0.5) is 11.4 Å². The molecule has 1 fully saturated rings. The Morgan fingerprint density at radius 1 is 1.00 bits per heavy atom. The van der Waals surface area contributed by atoms with Crippen LogP contribution in [0.5, 0.6) is 5.75 Å². The van der Waals surface area contributed by atoms with Crippen LogP contribution in [0.15, 0.2) is 77.4 Å². The molecule has 0 spiro atoms. The third kappa shape index (κ3) is 5.64. The van der Waals surface area contributed by atoms with Crippen LogP contribution >= 0.6 is 0 Å². The molecule has 0 saturated carbocycles. The number of ether oxygens (including phenoxy) is 1. The number of furan rings is 1. The minimum absolute atomic E-state index is 0.00964. The Balaban J connectivity index is 1.20. The summed E-state index contributed by atoms with van der Waals surface area (Å²) in [6, 6.07) is 21.8. The van der Waals surface area contributed by atoms with Crippen LogP contribution in [0, 0.1) is 0 Å². The van der Waals surface area contributed by atoms with E-state index in [0.29, 0.717) is 11.8 Å². The molecule has 1 amide bonds. The average Bonchev–Trinajstić information content (AvgIpc) is 3.32. The fourth-order valence-electron chi connectivity index (χ4n) is 3.62. The molecule has 1 aliphatic heterocycles. The van der Waals surface area contributed by atoms with Crippen molar-refractivity contribution in [3.63, 3.8) is 0 Å².